The fourth-order valence-electron chi connectivity index (χ4n) is 6.07. The third-order valence-corrected chi connectivity index (χ3v) is 8.36. The fraction of sp³-hybridized carbons (Fsp3) is 0.607. The highest BCUT2D eigenvalue weighted by molar-refractivity contribution is 5.74. The number of aliphatic hydroxyl groups excluding tert-OH is 1. The van der Waals surface area contributed by atoms with Crippen molar-refractivity contribution < 1.29 is 28.2 Å². The number of hydrogen-bond donors (Lipinski definition) is 3. The van der Waals surface area contributed by atoms with Gasteiger partial charge in [0.15, 0.2) is 0 Å². The lowest BCUT2D eigenvalue weighted by Crippen LogP contribution is -2.54. The van der Waals surface area contributed by atoms with Crippen LogP contribution in [0.3, 0.4) is 0 Å². The number of anilines is 1. The number of alkyl halides is 3. The topological polar surface area (TPSA) is 105 Å². The van der Waals surface area contributed by atoms with E-state index in [1.807, 2.05) is 15.9 Å². The molecule has 2 amide bonds. The molecule has 0 bridgehead atoms. The molecular weight excluding hydrogens is 525 g/mol. The predicted octanol–water partition coefficient (Wildman–Crippen LogP) is 4.09. The summed E-state index contributed by atoms with van der Waals surface area (Å²) in [5, 5.41) is 31.9. The highest BCUT2D eigenvalue weighted by Gasteiger charge is 2.33. The molecule has 0 aliphatic carbocycles. The molecule has 3 aliphatic rings. The molecule has 9 nitrogen and oxygen atoms in total. The highest BCUT2D eigenvalue weighted by Crippen LogP contribution is 2.37. The average Bonchev–Trinajstić information content (AvgIpc) is 2.93. The summed E-state index contributed by atoms with van der Waals surface area (Å²) in [7, 11) is 0. The lowest BCUT2D eigenvalue weighted by atomic mass is 9.98. The molecule has 218 valence electrons. The third-order valence-electron chi connectivity index (χ3n) is 8.36. The monoisotopic (exact) mass is 562 g/mol. The molecule has 3 saturated heterocycles. The molecule has 0 spiro atoms. The Morgan fingerprint density at radius 1 is 0.975 bits per heavy atom. The SMILES string of the molecule is Cc1cc(N[C@@H]2CCCN(C3CCN(C(=O)N4CCC(O)CC4)CC3)C2)nnc1-c1ccc(C(F)(F)F)cc1O. The summed E-state index contributed by atoms with van der Waals surface area (Å²) in [6, 6.07) is 5.34. The van der Waals surface area contributed by atoms with Crippen LogP contribution in [-0.2, 0) is 6.18 Å². The minimum absolute atomic E-state index is 0.0885. The van der Waals surface area contributed by atoms with Crippen LogP contribution in [0.15, 0.2) is 24.3 Å². The van der Waals surface area contributed by atoms with Gasteiger partial charge in [-0.2, -0.15) is 13.2 Å². The first-order valence-corrected chi connectivity index (χ1v) is 14.1. The molecule has 2 aromatic rings. The Balaban J connectivity index is 1.15. The summed E-state index contributed by atoms with van der Waals surface area (Å²) < 4.78 is 38.9. The molecule has 3 aliphatic heterocycles. The van der Waals surface area contributed by atoms with Crippen molar-refractivity contribution in [2.45, 2.75) is 69.8 Å². The van der Waals surface area contributed by atoms with Gasteiger partial charge in [-0.1, -0.05) is 0 Å². The maximum Gasteiger partial charge on any atom is 0.416 e. The summed E-state index contributed by atoms with van der Waals surface area (Å²) in [4.78, 5) is 19.2. The normalized spacial score (nSPS) is 22.0. The molecule has 1 aromatic heterocycles. The highest BCUT2D eigenvalue weighted by atomic mass is 19.4. The number of urea groups is 1. The molecular formula is C28H37F3N6O3. The van der Waals surface area contributed by atoms with Gasteiger partial charge in [0.2, 0.25) is 0 Å². The summed E-state index contributed by atoms with van der Waals surface area (Å²) in [5.41, 5.74) is 0.320. The number of benzene rings is 1. The minimum atomic E-state index is -4.54. The molecule has 3 N–H and O–H groups in total. The van der Waals surface area contributed by atoms with Gasteiger partial charge in [-0.25, -0.2) is 4.79 Å². The number of hydrogen-bond acceptors (Lipinski definition) is 7. The summed E-state index contributed by atoms with van der Waals surface area (Å²) in [5.74, 6) is 0.102. The first kappa shape index (κ1) is 28.4. The van der Waals surface area contributed by atoms with E-state index in [2.05, 4.69) is 20.4 Å². The van der Waals surface area contributed by atoms with Gasteiger partial charge in [0, 0.05) is 50.4 Å². The molecule has 0 radical (unpaired) electrons. The first-order valence-electron chi connectivity index (χ1n) is 14.1. The van der Waals surface area contributed by atoms with Crippen molar-refractivity contribution in [2.75, 3.05) is 44.6 Å². The maximum atomic E-state index is 13.0. The Morgan fingerprint density at radius 3 is 2.27 bits per heavy atom. The van der Waals surface area contributed by atoms with Gasteiger partial charge >= 0.3 is 12.2 Å². The number of phenols is 1. The number of carbonyl (C=O) groups is 1. The van der Waals surface area contributed by atoms with Crippen LogP contribution in [0.4, 0.5) is 23.8 Å². The van der Waals surface area contributed by atoms with E-state index in [1.54, 1.807) is 6.92 Å². The minimum Gasteiger partial charge on any atom is -0.507 e. The standard InChI is InChI=1S/C28H37F3N6O3/c1-18-15-25(33-34-26(18)23-5-4-19(16-24(23)39)28(29,30)31)32-20-3-2-10-37(17-20)21-6-11-35(12-7-21)27(40)36-13-8-22(38)9-14-36/h4-5,15-16,20-22,38-39H,2-3,6-14,17H2,1H3,(H,32,33)/t20-/m1/s1. The number of aromatic hydroxyl groups is 1. The number of nitrogens with zero attached hydrogens (tertiary/aromatic N) is 5. The van der Waals surface area contributed by atoms with Gasteiger partial charge in [0.1, 0.15) is 11.6 Å². The Bertz CT molecular complexity index is 1200. The molecule has 40 heavy (non-hydrogen) atoms. The molecule has 0 unspecified atom stereocenters. The van der Waals surface area contributed by atoms with Crippen molar-refractivity contribution >= 4 is 11.8 Å². The Morgan fingerprint density at radius 2 is 1.65 bits per heavy atom. The molecule has 5 rings (SSSR count). The van der Waals surface area contributed by atoms with Crippen LogP contribution < -0.4 is 5.32 Å². The Kier molecular flexibility index (Phi) is 8.37. The smallest absolute Gasteiger partial charge is 0.416 e. The van der Waals surface area contributed by atoms with E-state index in [0.29, 0.717) is 55.1 Å². The zero-order chi connectivity index (χ0) is 28.4. The number of amides is 2. The van der Waals surface area contributed by atoms with Crippen LogP contribution in [0.1, 0.15) is 49.7 Å². The van der Waals surface area contributed by atoms with Gasteiger partial charge in [-0.05, 0) is 81.8 Å². The number of phenolic OH excluding ortho intramolecular Hbond substituents is 1. The van der Waals surface area contributed by atoms with E-state index in [-0.39, 0.29) is 23.7 Å². The molecule has 4 heterocycles. The molecule has 3 fully saturated rings. The van der Waals surface area contributed by atoms with Crippen LogP contribution in [0.5, 0.6) is 5.75 Å². The Hall–Kier alpha value is -3.12. The lowest BCUT2D eigenvalue weighted by molar-refractivity contribution is -0.137. The van der Waals surface area contributed by atoms with Gasteiger partial charge in [-0.3, -0.25) is 4.90 Å². The summed E-state index contributed by atoms with van der Waals surface area (Å²) in [6.45, 7) is 6.37. The van der Waals surface area contributed by atoms with Crippen LogP contribution in [0.2, 0.25) is 0 Å². The molecule has 12 heteroatoms. The van der Waals surface area contributed by atoms with E-state index >= 15 is 0 Å². The number of rotatable bonds is 4. The number of aromatic nitrogens is 2. The maximum absolute atomic E-state index is 13.0. The quantitative estimate of drug-likeness (QED) is 0.516. The Labute approximate surface area is 232 Å². The predicted molar refractivity (Wildman–Crippen MR) is 144 cm³/mol. The molecule has 1 aromatic carbocycles. The van der Waals surface area contributed by atoms with Crippen LogP contribution in [0, 0.1) is 6.92 Å². The van der Waals surface area contributed by atoms with Crippen molar-refractivity contribution in [1.29, 1.82) is 0 Å². The number of carbonyl (C=O) groups excluding carboxylic acids is 1. The van der Waals surface area contributed by atoms with Gasteiger partial charge in [0.25, 0.3) is 0 Å². The second kappa shape index (κ2) is 11.8. The van der Waals surface area contributed by atoms with Crippen LogP contribution in [0.25, 0.3) is 11.3 Å². The number of likely N-dealkylation sites (tertiary alicyclic amines) is 3. The number of aliphatic hydroxyl groups is 1. The third kappa shape index (κ3) is 6.43. The van der Waals surface area contributed by atoms with E-state index in [4.69, 9.17) is 0 Å². The zero-order valence-corrected chi connectivity index (χ0v) is 22.7. The number of aryl methyl sites for hydroxylation is 1. The largest absolute Gasteiger partial charge is 0.507 e. The van der Waals surface area contributed by atoms with E-state index in [0.717, 1.165) is 57.9 Å². The zero-order valence-electron chi connectivity index (χ0n) is 22.7. The number of halogens is 3. The second-order valence-corrected chi connectivity index (χ2v) is 11.2. The van der Waals surface area contributed by atoms with Gasteiger partial charge in [-0.15, -0.1) is 10.2 Å². The van der Waals surface area contributed by atoms with E-state index in [9.17, 15) is 28.2 Å². The van der Waals surface area contributed by atoms with E-state index < -0.39 is 17.5 Å². The van der Waals surface area contributed by atoms with Gasteiger partial charge in [0.05, 0.1) is 17.4 Å². The van der Waals surface area contributed by atoms with Crippen molar-refractivity contribution in [3.8, 4) is 17.0 Å². The fourth-order valence-corrected chi connectivity index (χ4v) is 6.07. The van der Waals surface area contributed by atoms with Gasteiger partial charge < -0.3 is 25.3 Å². The van der Waals surface area contributed by atoms with Crippen molar-refractivity contribution in [3.63, 3.8) is 0 Å². The molecule has 0 saturated carbocycles. The van der Waals surface area contributed by atoms with Crippen molar-refractivity contribution in [1.82, 2.24) is 24.9 Å². The molecule has 1 atom stereocenters. The average molecular weight is 563 g/mol. The first-order chi connectivity index (χ1) is 19.1. The second-order valence-electron chi connectivity index (χ2n) is 11.2. The summed E-state index contributed by atoms with van der Waals surface area (Å²) in [6.07, 6.45) is 0.343. The van der Waals surface area contributed by atoms with Crippen molar-refractivity contribution in [3.05, 3.63) is 35.4 Å². The number of nitrogens with one attached hydrogen (secondary N) is 1. The lowest BCUT2D eigenvalue weighted by Gasteiger charge is -2.43. The van der Waals surface area contributed by atoms with Crippen molar-refractivity contribution in [2.24, 2.45) is 0 Å². The van der Waals surface area contributed by atoms with E-state index in [1.165, 1.54) is 6.07 Å². The summed E-state index contributed by atoms with van der Waals surface area (Å²) >= 11 is 0. The number of piperidine rings is 3. The van der Waals surface area contributed by atoms with Crippen LogP contribution in [-0.4, -0.2) is 98.6 Å². The van der Waals surface area contributed by atoms with Crippen LogP contribution >= 0.6 is 0 Å².